The number of aryl methyl sites for hydroxylation is 1. The smallest absolute Gasteiger partial charge is 0.261 e. The van der Waals surface area contributed by atoms with Gasteiger partial charge in [-0.3, -0.25) is 4.72 Å². The molecule has 0 aliphatic heterocycles. The second-order valence-electron chi connectivity index (χ2n) is 5.76. The maximum absolute atomic E-state index is 12.7. The van der Waals surface area contributed by atoms with Crippen LogP contribution in [0, 0.1) is 6.92 Å². The zero-order chi connectivity index (χ0) is 18.8. The molecule has 3 aromatic rings. The Bertz CT molecular complexity index is 1120. The molecule has 3 rings (SSSR count). The fraction of sp³-hybridized carbons (Fsp3) is 0.0526. The van der Waals surface area contributed by atoms with E-state index >= 15 is 0 Å². The van der Waals surface area contributed by atoms with E-state index in [2.05, 4.69) is 4.72 Å². The molecule has 7 heteroatoms. The Balaban J connectivity index is 1.97. The van der Waals surface area contributed by atoms with E-state index in [-0.39, 0.29) is 14.7 Å². The zero-order valence-electron chi connectivity index (χ0n) is 14.0. The van der Waals surface area contributed by atoms with Crippen LogP contribution in [0.3, 0.4) is 0 Å². The van der Waals surface area contributed by atoms with Gasteiger partial charge < -0.3 is 0 Å². The van der Waals surface area contributed by atoms with Crippen molar-refractivity contribution in [1.82, 2.24) is 0 Å². The summed E-state index contributed by atoms with van der Waals surface area (Å²) in [4.78, 5) is -0.0772. The van der Waals surface area contributed by atoms with Gasteiger partial charge in [-0.2, -0.15) is 0 Å². The number of sulfone groups is 1. The Hall–Kier alpha value is -2.64. The third-order valence-corrected chi connectivity index (χ3v) is 6.93. The Morgan fingerprint density at radius 2 is 1.23 bits per heavy atom. The molecule has 0 saturated heterocycles. The van der Waals surface area contributed by atoms with Crippen molar-refractivity contribution in [2.75, 3.05) is 4.72 Å². The summed E-state index contributed by atoms with van der Waals surface area (Å²) in [5.41, 5.74) is 1.41. The average Bonchev–Trinajstić information content (AvgIpc) is 2.64. The second-order valence-corrected chi connectivity index (χ2v) is 9.39. The molecule has 0 amide bonds. The summed E-state index contributed by atoms with van der Waals surface area (Å²) in [7, 11) is -7.70. The molecule has 0 aliphatic rings. The molecule has 0 fully saturated rings. The van der Waals surface area contributed by atoms with E-state index in [0.29, 0.717) is 5.69 Å². The van der Waals surface area contributed by atoms with Gasteiger partial charge in [-0.15, -0.1) is 0 Å². The highest BCUT2D eigenvalue weighted by atomic mass is 32.2. The molecule has 26 heavy (non-hydrogen) atoms. The maximum atomic E-state index is 12.7. The van der Waals surface area contributed by atoms with Crippen LogP contribution in [0.15, 0.2) is 93.5 Å². The van der Waals surface area contributed by atoms with Crippen LogP contribution in [0.4, 0.5) is 5.69 Å². The topological polar surface area (TPSA) is 80.3 Å². The minimum absolute atomic E-state index is 0.0736. The van der Waals surface area contributed by atoms with Crippen molar-refractivity contribution in [2.45, 2.75) is 21.6 Å². The Morgan fingerprint density at radius 3 is 1.88 bits per heavy atom. The molecule has 0 atom stereocenters. The van der Waals surface area contributed by atoms with Gasteiger partial charge in [0.1, 0.15) is 0 Å². The zero-order valence-corrected chi connectivity index (χ0v) is 15.6. The number of hydrogen-bond donors (Lipinski definition) is 1. The highest BCUT2D eigenvalue weighted by molar-refractivity contribution is 7.93. The molecule has 0 unspecified atom stereocenters. The van der Waals surface area contributed by atoms with Crippen LogP contribution in [0.5, 0.6) is 0 Å². The molecule has 0 bridgehead atoms. The van der Waals surface area contributed by atoms with Crippen molar-refractivity contribution in [2.24, 2.45) is 0 Å². The molecule has 0 aromatic heterocycles. The second kappa shape index (κ2) is 6.93. The first-order chi connectivity index (χ1) is 12.3. The SMILES string of the molecule is Cc1ccc(NS(=O)(=O)c2cccc(S(=O)(=O)c3ccccc3)c2)cc1. The summed E-state index contributed by atoms with van der Waals surface area (Å²) in [5, 5.41) is 0. The Kier molecular flexibility index (Phi) is 4.84. The summed E-state index contributed by atoms with van der Waals surface area (Å²) in [6, 6.07) is 20.1. The van der Waals surface area contributed by atoms with Gasteiger partial charge in [-0.05, 0) is 49.4 Å². The van der Waals surface area contributed by atoms with Crippen molar-refractivity contribution in [1.29, 1.82) is 0 Å². The van der Waals surface area contributed by atoms with E-state index < -0.39 is 19.9 Å². The summed E-state index contributed by atoms with van der Waals surface area (Å²) < 4.78 is 53.0. The number of anilines is 1. The summed E-state index contributed by atoms with van der Waals surface area (Å²) >= 11 is 0. The molecule has 0 radical (unpaired) electrons. The third-order valence-electron chi connectivity index (χ3n) is 3.78. The number of nitrogens with one attached hydrogen (secondary N) is 1. The van der Waals surface area contributed by atoms with Gasteiger partial charge in [0, 0.05) is 5.69 Å². The van der Waals surface area contributed by atoms with Gasteiger partial charge in [-0.25, -0.2) is 16.8 Å². The molecule has 0 spiro atoms. The van der Waals surface area contributed by atoms with E-state index in [9.17, 15) is 16.8 Å². The third kappa shape index (κ3) is 3.79. The van der Waals surface area contributed by atoms with Crippen molar-refractivity contribution >= 4 is 25.5 Å². The van der Waals surface area contributed by atoms with E-state index in [1.165, 1.54) is 36.4 Å². The van der Waals surface area contributed by atoms with Crippen LogP contribution in [0.25, 0.3) is 0 Å². The first-order valence-electron chi connectivity index (χ1n) is 7.79. The number of rotatable bonds is 5. The highest BCUT2D eigenvalue weighted by Gasteiger charge is 2.21. The van der Waals surface area contributed by atoms with E-state index in [0.717, 1.165) is 5.56 Å². The Labute approximate surface area is 153 Å². The van der Waals surface area contributed by atoms with Crippen molar-refractivity contribution < 1.29 is 16.8 Å². The van der Waals surface area contributed by atoms with Gasteiger partial charge in [-0.1, -0.05) is 42.0 Å². The molecule has 134 valence electrons. The number of benzene rings is 3. The standard InChI is InChI=1S/C19H17NO4S2/c1-15-10-12-16(13-11-15)20-26(23,24)19-9-5-8-18(14-19)25(21,22)17-6-3-2-4-7-17/h2-14,20H,1H3. The van der Waals surface area contributed by atoms with Crippen molar-refractivity contribution in [3.63, 3.8) is 0 Å². The molecule has 0 aliphatic carbocycles. The predicted octanol–water partition coefficient (Wildman–Crippen LogP) is 3.63. The minimum atomic E-state index is -3.91. The first-order valence-corrected chi connectivity index (χ1v) is 10.8. The molecule has 3 aromatic carbocycles. The fourth-order valence-electron chi connectivity index (χ4n) is 2.38. The van der Waals surface area contributed by atoms with Gasteiger partial charge in [0.15, 0.2) is 0 Å². The van der Waals surface area contributed by atoms with Crippen LogP contribution in [0.1, 0.15) is 5.56 Å². The van der Waals surface area contributed by atoms with Gasteiger partial charge in [0.25, 0.3) is 10.0 Å². The maximum Gasteiger partial charge on any atom is 0.261 e. The lowest BCUT2D eigenvalue weighted by Crippen LogP contribution is -2.13. The molecular formula is C19H17NO4S2. The number of sulfonamides is 1. The van der Waals surface area contributed by atoms with E-state index in [4.69, 9.17) is 0 Å². The normalized spacial score (nSPS) is 11.9. The van der Waals surface area contributed by atoms with Crippen LogP contribution >= 0.6 is 0 Å². The van der Waals surface area contributed by atoms with E-state index in [1.54, 1.807) is 42.5 Å². The molecular weight excluding hydrogens is 370 g/mol. The average molecular weight is 387 g/mol. The highest BCUT2D eigenvalue weighted by Crippen LogP contribution is 2.24. The van der Waals surface area contributed by atoms with Crippen molar-refractivity contribution in [3.8, 4) is 0 Å². The lowest BCUT2D eigenvalue weighted by Gasteiger charge is -2.10. The van der Waals surface area contributed by atoms with Crippen LogP contribution in [-0.2, 0) is 19.9 Å². The lowest BCUT2D eigenvalue weighted by molar-refractivity contribution is 0.595. The van der Waals surface area contributed by atoms with Crippen LogP contribution in [0.2, 0.25) is 0 Å². The largest absolute Gasteiger partial charge is 0.280 e. The molecule has 5 nitrogen and oxygen atoms in total. The molecule has 0 heterocycles. The quantitative estimate of drug-likeness (QED) is 0.725. The summed E-state index contributed by atoms with van der Waals surface area (Å²) in [6.07, 6.45) is 0. The summed E-state index contributed by atoms with van der Waals surface area (Å²) in [6.45, 7) is 1.90. The first kappa shape index (κ1) is 18.2. The molecule has 0 saturated carbocycles. The van der Waals surface area contributed by atoms with Gasteiger partial charge in [0.05, 0.1) is 14.7 Å². The van der Waals surface area contributed by atoms with Gasteiger partial charge >= 0.3 is 0 Å². The van der Waals surface area contributed by atoms with Crippen molar-refractivity contribution in [3.05, 3.63) is 84.4 Å². The van der Waals surface area contributed by atoms with Gasteiger partial charge in [0.2, 0.25) is 9.84 Å². The Morgan fingerprint density at radius 1 is 0.654 bits per heavy atom. The molecule has 1 N–H and O–H groups in total. The van der Waals surface area contributed by atoms with Crippen LogP contribution in [-0.4, -0.2) is 16.8 Å². The van der Waals surface area contributed by atoms with E-state index in [1.807, 2.05) is 6.92 Å². The fourth-order valence-corrected chi connectivity index (χ4v) is 4.89. The predicted molar refractivity (Wildman–Crippen MR) is 100 cm³/mol. The monoisotopic (exact) mass is 387 g/mol. The minimum Gasteiger partial charge on any atom is -0.280 e. The van der Waals surface area contributed by atoms with Crippen LogP contribution < -0.4 is 4.72 Å². The lowest BCUT2D eigenvalue weighted by atomic mass is 10.2. The number of hydrogen-bond acceptors (Lipinski definition) is 4. The summed E-state index contributed by atoms with van der Waals surface area (Å²) in [5.74, 6) is 0.